The number of carbonyl (C=O) groups is 2. The second kappa shape index (κ2) is 11.1. The van der Waals surface area contributed by atoms with Gasteiger partial charge in [-0.25, -0.2) is 8.42 Å². The number of amides is 2. The van der Waals surface area contributed by atoms with E-state index in [1.165, 1.54) is 6.07 Å². The fourth-order valence-electron chi connectivity index (χ4n) is 3.46. The topological polar surface area (TPSA) is 108 Å². The fraction of sp³-hybridized carbons (Fsp3) is 0.208. The van der Waals surface area contributed by atoms with Crippen LogP contribution < -0.4 is 14.9 Å². The lowest BCUT2D eigenvalue weighted by Crippen LogP contribution is -2.47. The van der Waals surface area contributed by atoms with Crippen LogP contribution >= 0.6 is 11.6 Å². The van der Waals surface area contributed by atoms with E-state index < -0.39 is 22.0 Å². The molecule has 3 aromatic rings. The highest BCUT2D eigenvalue weighted by Gasteiger charge is 2.32. The Kier molecular flexibility index (Phi) is 8.25. The number of carbonyl (C=O) groups excluding carboxylic acids is 2. The van der Waals surface area contributed by atoms with Crippen LogP contribution in [0.15, 0.2) is 73.1 Å². The Morgan fingerprint density at radius 3 is 2.50 bits per heavy atom. The summed E-state index contributed by atoms with van der Waals surface area (Å²) in [6, 6.07) is 15.4. The van der Waals surface area contributed by atoms with Crippen molar-refractivity contribution in [1.82, 2.24) is 10.3 Å². The first-order valence-electron chi connectivity index (χ1n) is 10.5. The third-order valence-electron chi connectivity index (χ3n) is 5.00. The van der Waals surface area contributed by atoms with E-state index in [0.717, 1.165) is 16.1 Å². The summed E-state index contributed by atoms with van der Waals surface area (Å²) in [7, 11) is -3.82. The van der Waals surface area contributed by atoms with E-state index >= 15 is 0 Å². The van der Waals surface area contributed by atoms with Crippen molar-refractivity contribution in [3.05, 3.63) is 89.2 Å². The van der Waals surface area contributed by atoms with Gasteiger partial charge in [-0.3, -0.25) is 18.9 Å². The van der Waals surface area contributed by atoms with Crippen molar-refractivity contribution in [3.63, 3.8) is 0 Å². The Balaban J connectivity index is 1.84. The number of para-hydroxylation sites is 1. The van der Waals surface area contributed by atoms with Gasteiger partial charge in [-0.05, 0) is 48.4 Å². The minimum Gasteiger partial charge on any atom is -0.348 e. The molecule has 0 aliphatic rings. The second-order valence-corrected chi connectivity index (χ2v) is 9.84. The average Bonchev–Trinajstić information content (AvgIpc) is 2.81. The summed E-state index contributed by atoms with van der Waals surface area (Å²) >= 11 is 6.06. The maximum absolute atomic E-state index is 13.3. The molecule has 1 unspecified atom stereocenters. The van der Waals surface area contributed by atoms with E-state index in [-0.39, 0.29) is 35.8 Å². The highest BCUT2D eigenvalue weighted by molar-refractivity contribution is 7.92. The molecule has 2 aromatic carbocycles. The van der Waals surface area contributed by atoms with Crippen LogP contribution in [0.1, 0.15) is 29.3 Å². The smallest absolute Gasteiger partial charge is 0.253 e. The molecule has 0 spiro atoms. The maximum atomic E-state index is 13.3. The molecule has 1 heterocycles. The number of hydrogen-bond donors (Lipinski definition) is 2. The predicted molar refractivity (Wildman–Crippen MR) is 133 cm³/mol. The summed E-state index contributed by atoms with van der Waals surface area (Å²) in [5.74, 6) is -0.956. The normalized spacial score (nSPS) is 12.0. The number of nitrogens with zero attached hydrogens (tertiary/aromatic N) is 2. The van der Waals surface area contributed by atoms with Crippen molar-refractivity contribution < 1.29 is 18.0 Å². The molecule has 8 nitrogen and oxygen atoms in total. The molecule has 0 bridgehead atoms. The SMILES string of the molecule is CCC(C(=O)Nc1ccccc1C(=O)NCc1cccnc1)N(c1cccc(Cl)c1)S(C)(=O)=O. The molecule has 0 saturated carbocycles. The lowest BCUT2D eigenvalue weighted by Gasteiger charge is -2.30. The minimum atomic E-state index is -3.82. The van der Waals surface area contributed by atoms with E-state index in [9.17, 15) is 18.0 Å². The van der Waals surface area contributed by atoms with Crippen LogP contribution in [0.4, 0.5) is 11.4 Å². The second-order valence-electron chi connectivity index (χ2n) is 7.54. The molecule has 3 rings (SSSR count). The number of halogens is 1. The summed E-state index contributed by atoms with van der Waals surface area (Å²) in [5.41, 5.74) is 1.63. The van der Waals surface area contributed by atoms with E-state index in [2.05, 4.69) is 15.6 Å². The quantitative estimate of drug-likeness (QED) is 0.464. The van der Waals surface area contributed by atoms with E-state index in [1.807, 2.05) is 6.07 Å². The number of nitrogens with one attached hydrogen (secondary N) is 2. The standard InChI is InChI=1S/C24H25ClN4O4S/c1-3-22(29(34(2,32)33)19-10-6-9-18(25)14-19)24(31)28-21-12-5-4-11-20(21)23(30)27-16-17-8-7-13-26-15-17/h4-15,22H,3,16H2,1-2H3,(H,27,30)(H,28,31). The van der Waals surface area contributed by atoms with Crippen LogP contribution in [-0.4, -0.2) is 37.5 Å². The van der Waals surface area contributed by atoms with Gasteiger partial charge in [0.05, 0.1) is 23.2 Å². The van der Waals surface area contributed by atoms with E-state index in [1.54, 1.807) is 67.8 Å². The third kappa shape index (κ3) is 6.33. The largest absolute Gasteiger partial charge is 0.348 e. The lowest BCUT2D eigenvalue weighted by molar-refractivity contribution is -0.117. The zero-order valence-electron chi connectivity index (χ0n) is 18.7. The van der Waals surface area contributed by atoms with Gasteiger partial charge in [-0.15, -0.1) is 0 Å². The summed E-state index contributed by atoms with van der Waals surface area (Å²) in [6.45, 7) is 1.97. The summed E-state index contributed by atoms with van der Waals surface area (Å²) in [6.07, 6.45) is 4.52. The van der Waals surface area contributed by atoms with Gasteiger partial charge >= 0.3 is 0 Å². The van der Waals surface area contributed by atoms with Crippen LogP contribution in [0.3, 0.4) is 0 Å². The first-order valence-corrected chi connectivity index (χ1v) is 12.7. The molecular formula is C24H25ClN4O4S. The van der Waals surface area contributed by atoms with Crippen molar-refractivity contribution in [2.75, 3.05) is 15.9 Å². The van der Waals surface area contributed by atoms with E-state index in [4.69, 9.17) is 11.6 Å². The highest BCUT2D eigenvalue weighted by Crippen LogP contribution is 2.26. The minimum absolute atomic E-state index is 0.195. The summed E-state index contributed by atoms with van der Waals surface area (Å²) in [4.78, 5) is 30.1. The molecule has 2 N–H and O–H groups in total. The number of aromatic nitrogens is 1. The van der Waals surface area contributed by atoms with Gasteiger partial charge in [0.1, 0.15) is 6.04 Å². The number of sulfonamides is 1. The highest BCUT2D eigenvalue weighted by atomic mass is 35.5. The molecule has 0 aliphatic heterocycles. The Bertz CT molecular complexity index is 1270. The van der Waals surface area contributed by atoms with Crippen molar-refractivity contribution in [2.24, 2.45) is 0 Å². The molecule has 0 saturated heterocycles. The molecule has 178 valence electrons. The van der Waals surface area contributed by atoms with Gasteiger partial charge in [0.15, 0.2) is 0 Å². The van der Waals surface area contributed by atoms with Crippen LogP contribution in [0, 0.1) is 0 Å². The Morgan fingerprint density at radius 2 is 1.85 bits per heavy atom. The van der Waals surface area contributed by atoms with Crippen molar-refractivity contribution in [1.29, 1.82) is 0 Å². The van der Waals surface area contributed by atoms with Crippen LogP contribution in [0.5, 0.6) is 0 Å². The molecule has 34 heavy (non-hydrogen) atoms. The number of benzene rings is 2. The van der Waals surface area contributed by atoms with Crippen LogP contribution in [0.25, 0.3) is 0 Å². The van der Waals surface area contributed by atoms with Crippen LogP contribution in [-0.2, 0) is 21.4 Å². The van der Waals surface area contributed by atoms with Crippen molar-refractivity contribution in [3.8, 4) is 0 Å². The predicted octanol–water partition coefficient (Wildman–Crippen LogP) is 3.85. The number of hydrogen-bond acceptors (Lipinski definition) is 5. The maximum Gasteiger partial charge on any atom is 0.253 e. The van der Waals surface area contributed by atoms with Crippen molar-refractivity contribution in [2.45, 2.75) is 25.9 Å². The molecular weight excluding hydrogens is 476 g/mol. The molecule has 2 amide bonds. The molecule has 0 aliphatic carbocycles. The van der Waals surface area contributed by atoms with Crippen LogP contribution in [0.2, 0.25) is 5.02 Å². The third-order valence-corrected chi connectivity index (χ3v) is 6.41. The van der Waals surface area contributed by atoms with Gasteiger partial charge in [0.25, 0.3) is 5.91 Å². The number of pyridine rings is 1. The van der Waals surface area contributed by atoms with Gasteiger partial charge in [-0.2, -0.15) is 0 Å². The van der Waals surface area contributed by atoms with E-state index in [0.29, 0.717) is 5.02 Å². The molecule has 0 fully saturated rings. The summed E-state index contributed by atoms with van der Waals surface area (Å²) in [5, 5.41) is 5.87. The van der Waals surface area contributed by atoms with Gasteiger partial charge in [0, 0.05) is 24.0 Å². The van der Waals surface area contributed by atoms with Gasteiger partial charge in [0.2, 0.25) is 15.9 Å². The molecule has 10 heteroatoms. The lowest BCUT2D eigenvalue weighted by atomic mass is 10.1. The zero-order chi connectivity index (χ0) is 24.7. The number of rotatable bonds is 9. The molecule has 0 radical (unpaired) electrons. The summed E-state index contributed by atoms with van der Waals surface area (Å²) < 4.78 is 26.3. The fourth-order valence-corrected chi connectivity index (χ4v) is 4.85. The first-order chi connectivity index (χ1) is 16.2. The first kappa shape index (κ1) is 25.2. The molecule has 1 aromatic heterocycles. The van der Waals surface area contributed by atoms with Gasteiger partial charge < -0.3 is 10.6 Å². The molecule has 1 atom stereocenters. The average molecular weight is 501 g/mol. The number of anilines is 2. The van der Waals surface area contributed by atoms with Gasteiger partial charge in [-0.1, -0.05) is 42.8 Å². The Morgan fingerprint density at radius 1 is 1.09 bits per heavy atom. The Labute approximate surface area is 204 Å². The zero-order valence-corrected chi connectivity index (χ0v) is 20.3. The monoisotopic (exact) mass is 500 g/mol. The van der Waals surface area contributed by atoms with Crippen molar-refractivity contribution >= 4 is 44.8 Å². The Hall–Kier alpha value is -3.43.